The molecular weight excluding hydrogens is 362 g/mol. The van der Waals surface area contributed by atoms with Crippen molar-refractivity contribution in [2.45, 2.75) is 51.5 Å². The van der Waals surface area contributed by atoms with E-state index in [4.69, 9.17) is 21.7 Å². The molecule has 2 N–H and O–H groups in total. The molecule has 1 aromatic carbocycles. The molecule has 2 saturated carbocycles. The molecule has 7 heteroatoms. The minimum Gasteiger partial charge on any atom is -0.493 e. The molecule has 0 radical (unpaired) electrons. The molecule has 2 fully saturated rings. The summed E-state index contributed by atoms with van der Waals surface area (Å²) in [4.78, 5) is 11.8. The first-order valence-electron chi connectivity index (χ1n) is 9.56. The first kappa shape index (κ1) is 19.6. The van der Waals surface area contributed by atoms with Crippen LogP contribution in [0.25, 0.3) is 0 Å². The van der Waals surface area contributed by atoms with Crippen molar-refractivity contribution in [1.29, 1.82) is 0 Å². The number of carbonyl (C=O) groups is 1. The topological polar surface area (TPSA) is 71.9 Å². The van der Waals surface area contributed by atoms with Crippen LogP contribution in [0.2, 0.25) is 0 Å². The van der Waals surface area contributed by atoms with Gasteiger partial charge >= 0.3 is 5.97 Å². The number of rotatable bonds is 6. The SMILES string of the molecule is COc1cc(/C=N\NC(=S)N[C@H]2CCCC[C@H]2C)ccc1OC(=O)C1CC1. The lowest BCUT2D eigenvalue weighted by atomic mass is 9.86. The van der Waals surface area contributed by atoms with E-state index < -0.39 is 0 Å². The van der Waals surface area contributed by atoms with Gasteiger partial charge in [0.2, 0.25) is 0 Å². The third-order valence-electron chi connectivity index (χ3n) is 5.12. The van der Waals surface area contributed by atoms with E-state index in [1.807, 2.05) is 6.07 Å². The lowest BCUT2D eigenvalue weighted by Crippen LogP contribution is -2.44. The van der Waals surface area contributed by atoms with E-state index in [2.05, 4.69) is 22.8 Å². The van der Waals surface area contributed by atoms with Crippen LogP contribution in [0.15, 0.2) is 23.3 Å². The van der Waals surface area contributed by atoms with Crippen LogP contribution in [-0.4, -0.2) is 30.4 Å². The maximum Gasteiger partial charge on any atom is 0.314 e. The van der Waals surface area contributed by atoms with Gasteiger partial charge in [0.25, 0.3) is 0 Å². The molecule has 0 spiro atoms. The first-order chi connectivity index (χ1) is 13.1. The highest BCUT2D eigenvalue weighted by molar-refractivity contribution is 7.80. The Bertz CT molecular complexity index is 718. The monoisotopic (exact) mass is 389 g/mol. The lowest BCUT2D eigenvalue weighted by molar-refractivity contribution is -0.135. The quantitative estimate of drug-likeness (QED) is 0.255. The molecule has 0 saturated heterocycles. The summed E-state index contributed by atoms with van der Waals surface area (Å²) >= 11 is 5.33. The second-order valence-corrected chi connectivity index (χ2v) is 7.73. The summed E-state index contributed by atoms with van der Waals surface area (Å²) in [6, 6.07) is 5.73. The minimum absolute atomic E-state index is 0.0422. The molecule has 27 heavy (non-hydrogen) atoms. The van der Waals surface area contributed by atoms with Crippen molar-refractivity contribution in [1.82, 2.24) is 10.7 Å². The summed E-state index contributed by atoms with van der Waals surface area (Å²) < 4.78 is 10.7. The van der Waals surface area contributed by atoms with Crippen molar-refractivity contribution < 1.29 is 14.3 Å². The average molecular weight is 390 g/mol. The van der Waals surface area contributed by atoms with Gasteiger partial charge in [-0.3, -0.25) is 10.2 Å². The normalized spacial score (nSPS) is 22.3. The van der Waals surface area contributed by atoms with Crippen molar-refractivity contribution in [2.24, 2.45) is 16.9 Å². The molecule has 146 valence electrons. The number of nitrogens with one attached hydrogen (secondary N) is 2. The van der Waals surface area contributed by atoms with Crippen LogP contribution in [0.1, 0.15) is 51.0 Å². The maximum absolute atomic E-state index is 11.8. The van der Waals surface area contributed by atoms with Gasteiger partial charge in [-0.15, -0.1) is 0 Å². The Morgan fingerprint density at radius 3 is 2.70 bits per heavy atom. The minimum atomic E-state index is -0.190. The zero-order chi connectivity index (χ0) is 19.2. The van der Waals surface area contributed by atoms with Gasteiger partial charge in [0.1, 0.15) is 0 Å². The first-order valence-corrected chi connectivity index (χ1v) is 9.97. The molecule has 2 aliphatic rings. The Labute approximate surface area is 165 Å². The van der Waals surface area contributed by atoms with E-state index in [0.717, 1.165) is 24.8 Å². The predicted molar refractivity (Wildman–Crippen MR) is 109 cm³/mol. The van der Waals surface area contributed by atoms with Crippen LogP contribution >= 0.6 is 12.2 Å². The molecular formula is C20H27N3O3S. The molecule has 2 atom stereocenters. The number of nitrogens with zero attached hydrogens (tertiary/aromatic N) is 1. The van der Waals surface area contributed by atoms with Crippen LogP contribution in [-0.2, 0) is 4.79 Å². The van der Waals surface area contributed by atoms with Crippen LogP contribution in [0.5, 0.6) is 11.5 Å². The van der Waals surface area contributed by atoms with Crippen LogP contribution in [0.3, 0.4) is 0 Å². The lowest BCUT2D eigenvalue weighted by Gasteiger charge is -2.30. The maximum atomic E-state index is 11.8. The molecule has 6 nitrogen and oxygen atoms in total. The number of hydrogen-bond acceptors (Lipinski definition) is 5. The fourth-order valence-electron chi connectivity index (χ4n) is 3.26. The van der Waals surface area contributed by atoms with Gasteiger partial charge in [0.15, 0.2) is 16.6 Å². The van der Waals surface area contributed by atoms with Gasteiger partial charge in [0.05, 0.1) is 19.2 Å². The fourth-order valence-corrected chi connectivity index (χ4v) is 3.46. The molecule has 0 aromatic heterocycles. The Morgan fingerprint density at radius 1 is 1.22 bits per heavy atom. The zero-order valence-electron chi connectivity index (χ0n) is 15.9. The van der Waals surface area contributed by atoms with Crippen LogP contribution < -0.4 is 20.2 Å². The van der Waals surface area contributed by atoms with Gasteiger partial charge in [-0.25, -0.2) is 0 Å². The summed E-state index contributed by atoms with van der Waals surface area (Å²) in [5.74, 6) is 1.41. The van der Waals surface area contributed by atoms with E-state index in [9.17, 15) is 4.79 Å². The molecule has 0 unspecified atom stereocenters. The highest BCUT2D eigenvalue weighted by Gasteiger charge is 2.32. The van der Waals surface area contributed by atoms with Gasteiger partial charge in [-0.05, 0) is 67.6 Å². The second-order valence-electron chi connectivity index (χ2n) is 7.32. The zero-order valence-corrected chi connectivity index (χ0v) is 16.7. The fraction of sp³-hybridized carbons (Fsp3) is 0.550. The number of hydrogen-bond donors (Lipinski definition) is 2. The van der Waals surface area contributed by atoms with Crippen molar-refractivity contribution in [2.75, 3.05) is 7.11 Å². The van der Waals surface area contributed by atoms with E-state index in [1.54, 1.807) is 25.5 Å². The molecule has 2 aliphatic carbocycles. The van der Waals surface area contributed by atoms with E-state index in [-0.39, 0.29) is 11.9 Å². The van der Waals surface area contributed by atoms with E-state index >= 15 is 0 Å². The van der Waals surface area contributed by atoms with E-state index in [1.165, 1.54) is 19.3 Å². The third-order valence-corrected chi connectivity index (χ3v) is 5.33. The summed E-state index contributed by atoms with van der Waals surface area (Å²) in [5.41, 5.74) is 3.69. The van der Waals surface area contributed by atoms with E-state index in [0.29, 0.717) is 28.6 Å². The highest BCUT2D eigenvalue weighted by atomic mass is 32.1. The summed E-state index contributed by atoms with van der Waals surface area (Å²) in [6.07, 6.45) is 8.40. The Hall–Kier alpha value is -2.15. The molecule has 0 heterocycles. The largest absolute Gasteiger partial charge is 0.493 e. The van der Waals surface area contributed by atoms with Crippen LogP contribution in [0, 0.1) is 11.8 Å². The molecule has 0 aliphatic heterocycles. The smallest absolute Gasteiger partial charge is 0.314 e. The van der Waals surface area contributed by atoms with Crippen molar-refractivity contribution in [3.05, 3.63) is 23.8 Å². The number of esters is 1. The standard InChI is InChI=1S/C20H27N3O3S/c1-13-5-3-4-6-16(13)22-20(27)23-21-12-14-7-10-17(18(11-14)25-2)26-19(24)15-8-9-15/h7,10-13,15-16H,3-6,8-9H2,1-2H3,(H2,22,23,27)/b21-12-/t13-,16+/m1/s1. The summed E-state index contributed by atoms with van der Waals surface area (Å²) in [7, 11) is 1.55. The highest BCUT2D eigenvalue weighted by Crippen LogP contribution is 2.34. The Balaban J connectivity index is 1.53. The third kappa shape index (κ3) is 5.66. The van der Waals surface area contributed by atoms with Gasteiger partial charge in [0, 0.05) is 6.04 Å². The Kier molecular flexibility index (Phi) is 6.66. The van der Waals surface area contributed by atoms with Crippen molar-refractivity contribution in [3.8, 4) is 11.5 Å². The predicted octanol–water partition coefficient (Wildman–Crippen LogP) is 3.39. The molecule has 3 rings (SSSR count). The van der Waals surface area contributed by atoms with Gasteiger partial charge < -0.3 is 14.8 Å². The van der Waals surface area contributed by atoms with Gasteiger partial charge in [-0.2, -0.15) is 5.10 Å². The number of thiocarbonyl (C=S) groups is 1. The van der Waals surface area contributed by atoms with Crippen molar-refractivity contribution >= 4 is 29.5 Å². The second kappa shape index (κ2) is 9.17. The van der Waals surface area contributed by atoms with Crippen LogP contribution in [0.4, 0.5) is 0 Å². The number of benzene rings is 1. The number of methoxy groups -OCH3 is 1. The molecule has 0 amide bonds. The van der Waals surface area contributed by atoms with Crippen molar-refractivity contribution in [3.63, 3.8) is 0 Å². The Morgan fingerprint density at radius 2 is 2.00 bits per heavy atom. The molecule has 1 aromatic rings. The number of carbonyl (C=O) groups excluding carboxylic acids is 1. The molecule has 0 bridgehead atoms. The summed E-state index contributed by atoms with van der Waals surface area (Å²) in [5, 5.41) is 8.08. The number of hydrazone groups is 1. The summed E-state index contributed by atoms with van der Waals surface area (Å²) in [6.45, 7) is 2.26. The van der Waals surface area contributed by atoms with Gasteiger partial charge in [-0.1, -0.05) is 19.8 Å². The average Bonchev–Trinajstić information content (AvgIpc) is 3.50. The number of ether oxygens (including phenoxy) is 2.